The molecule has 2 nitrogen and oxygen atoms in total. The highest BCUT2D eigenvalue weighted by Crippen LogP contribution is 2.28. The van der Waals surface area contributed by atoms with Gasteiger partial charge in [0.05, 0.1) is 4.47 Å². The lowest BCUT2D eigenvalue weighted by Gasteiger charge is -2.21. The van der Waals surface area contributed by atoms with Crippen LogP contribution in [0.25, 0.3) is 0 Å². The zero-order chi connectivity index (χ0) is 13.1. The molecule has 0 saturated carbocycles. The number of aromatic nitrogens is 1. The van der Waals surface area contributed by atoms with E-state index in [-0.39, 0.29) is 0 Å². The number of halogens is 2. The molecule has 0 bridgehead atoms. The van der Waals surface area contributed by atoms with Gasteiger partial charge in [-0.05, 0) is 46.1 Å². The predicted molar refractivity (Wildman–Crippen MR) is 82.9 cm³/mol. The van der Waals surface area contributed by atoms with Crippen molar-refractivity contribution >= 4 is 37.7 Å². The van der Waals surface area contributed by atoms with Crippen LogP contribution in [0, 0.1) is 6.92 Å². The van der Waals surface area contributed by atoms with E-state index in [1.165, 1.54) is 11.1 Å². The largest absolute Gasteiger partial charge is 0.354 e. The first kappa shape index (κ1) is 13.6. The van der Waals surface area contributed by atoms with Crippen molar-refractivity contribution < 1.29 is 0 Å². The molecular weight excluding hydrogens is 356 g/mol. The third kappa shape index (κ3) is 2.93. The lowest BCUT2D eigenvalue weighted by molar-refractivity contribution is 0.888. The molecule has 1 heterocycles. The molecule has 0 aliphatic carbocycles. The molecule has 0 aliphatic heterocycles. The van der Waals surface area contributed by atoms with E-state index in [9.17, 15) is 0 Å². The number of hydrogen-bond acceptors (Lipinski definition) is 2. The first-order valence-corrected chi connectivity index (χ1v) is 7.24. The van der Waals surface area contributed by atoms with Crippen LogP contribution in [0.1, 0.15) is 11.1 Å². The van der Waals surface area contributed by atoms with Crippen LogP contribution < -0.4 is 4.90 Å². The SMILES string of the molecule is Cc1ccnc(N(C)Cc2ccccc2Br)c1Br. The van der Waals surface area contributed by atoms with Gasteiger partial charge in [-0.2, -0.15) is 0 Å². The third-order valence-corrected chi connectivity index (χ3v) is 4.54. The van der Waals surface area contributed by atoms with E-state index in [1.807, 2.05) is 31.4 Å². The number of rotatable bonds is 3. The second-order valence-electron chi connectivity index (χ2n) is 4.21. The van der Waals surface area contributed by atoms with Crippen molar-refractivity contribution in [2.24, 2.45) is 0 Å². The van der Waals surface area contributed by atoms with Crippen LogP contribution in [-0.4, -0.2) is 12.0 Å². The highest BCUT2D eigenvalue weighted by molar-refractivity contribution is 9.11. The van der Waals surface area contributed by atoms with Crippen LogP contribution >= 0.6 is 31.9 Å². The summed E-state index contributed by atoms with van der Waals surface area (Å²) in [5.74, 6) is 0.964. The maximum Gasteiger partial charge on any atom is 0.143 e. The van der Waals surface area contributed by atoms with E-state index in [2.05, 4.69) is 60.8 Å². The van der Waals surface area contributed by atoms with E-state index in [0.717, 1.165) is 21.3 Å². The van der Waals surface area contributed by atoms with Gasteiger partial charge < -0.3 is 4.90 Å². The predicted octanol–water partition coefficient (Wildman–Crippen LogP) is 4.55. The minimum absolute atomic E-state index is 0.816. The lowest BCUT2D eigenvalue weighted by atomic mass is 10.2. The fourth-order valence-electron chi connectivity index (χ4n) is 1.75. The van der Waals surface area contributed by atoms with Gasteiger partial charge in [-0.15, -0.1) is 0 Å². The molecule has 94 valence electrons. The fourth-order valence-corrected chi connectivity index (χ4v) is 2.70. The summed E-state index contributed by atoms with van der Waals surface area (Å²) in [6.45, 7) is 2.89. The summed E-state index contributed by atoms with van der Waals surface area (Å²) in [5.41, 5.74) is 2.44. The molecule has 1 aromatic heterocycles. The average Bonchev–Trinajstić information content (AvgIpc) is 2.35. The Morgan fingerprint density at radius 3 is 2.61 bits per heavy atom. The third-order valence-electron chi connectivity index (χ3n) is 2.79. The van der Waals surface area contributed by atoms with Gasteiger partial charge in [0, 0.05) is 24.3 Å². The molecule has 0 fully saturated rings. The van der Waals surface area contributed by atoms with Gasteiger partial charge in [0.15, 0.2) is 0 Å². The van der Waals surface area contributed by atoms with Crippen molar-refractivity contribution in [1.82, 2.24) is 4.98 Å². The number of benzene rings is 1. The van der Waals surface area contributed by atoms with Gasteiger partial charge in [-0.25, -0.2) is 4.98 Å². The second kappa shape index (κ2) is 5.85. The van der Waals surface area contributed by atoms with E-state index in [4.69, 9.17) is 0 Å². The molecule has 4 heteroatoms. The van der Waals surface area contributed by atoms with Crippen molar-refractivity contribution in [2.75, 3.05) is 11.9 Å². The normalized spacial score (nSPS) is 10.4. The summed E-state index contributed by atoms with van der Waals surface area (Å²) in [7, 11) is 2.05. The molecule has 0 atom stereocenters. The van der Waals surface area contributed by atoms with E-state index in [0.29, 0.717) is 0 Å². The molecule has 0 saturated heterocycles. The van der Waals surface area contributed by atoms with Gasteiger partial charge in [-0.3, -0.25) is 0 Å². The highest BCUT2D eigenvalue weighted by Gasteiger charge is 2.10. The van der Waals surface area contributed by atoms with Crippen molar-refractivity contribution in [3.05, 3.63) is 56.6 Å². The molecule has 0 spiro atoms. The van der Waals surface area contributed by atoms with Crippen molar-refractivity contribution in [3.8, 4) is 0 Å². The molecule has 2 aromatic rings. The molecular formula is C14H14Br2N2. The average molecular weight is 370 g/mol. The standard InChI is InChI=1S/C14H14Br2N2/c1-10-7-8-17-14(13(10)16)18(2)9-11-5-3-4-6-12(11)15/h3-8H,9H2,1-2H3. The summed E-state index contributed by atoms with van der Waals surface area (Å²) >= 11 is 7.17. The summed E-state index contributed by atoms with van der Waals surface area (Å²) < 4.78 is 2.18. The van der Waals surface area contributed by atoms with Crippen LogP contribution in [0.3, 0.4) is 0 Å². The maximum absolute atomic E-state index is 4.43. The Morgan fingerprint density at radius 1 is 1.17 bits per heavy atom. The van der Waals surface area contributed by atoms with E-state index >= 15 is 0 Å². The molecule has 1 aromatic carbocycles. The maximum atomic E-state index is 4.43. The Bertz CT molecular complexity index is 555. The highest BCUT2D eigenvalue weighted by atomic mass is 79.9. The van der Waals surface area contributed by atoms with E-state index < -0.39 is 0 Å². The Kier molecular flexibility index (Phi) is 4.40. The number of hydrogen-bond donors (Lipinski definition) is 0. The lowest BCUT2D eigenvalue weighted by Crippen LogP contribution is -2.18. The van der Waals surface area contributed by atoms with E-state index in [1.54, 1.807) is 0 Å². The summed E-state index contributed by atoms with van der Waals surface area (Å²) in [5, 5.41) is 0. The zero-order valence-corrected chi connectivity index (χ0v) is 13.5. The van der Waals surface area contributed by atoms with Crippen molar-refractivity contribution in [1.29, 1.82) is 0 Å². The van der Waals surface area contributed by atoms with Gasteiger partial charge in [0.2, 0.25) is 0 Å². The Hall–Kier alpha value is -0.870. The minimum Gasteiger partial charge on any atom is -0.354 e. The van der Waals surface area contributed by atoms with Crippen LogP contribution in [0.15, 0.2) is 45.5 Å². The van der Waals surface area contributed by atoms with Gasteiger partial charge >= 0.3 is 0 Å². The fraction of sp³-hybridized carbons (Fsp3) is 0.214. The van der Waals surface area contributed by atoms with Crippen LogP contribution in [-0.2, 0) is 6.54 Å². The number of anilines is 1. The summed E-state index contributed by atoms with van der Waals surface area (Å²) in [6, 6.07) is 10.2. The minimum atomic E-state index is 0.816. The topological polar surface area (TPSA) is 16.1 Å². The first-order valence-electron chi connectivity index (χ1n) is 5.65. The second-order valence-corrected chi connectivity index (χ2v) is 5.86. The molecule has 0 aliphatic rings. The quantitative estimate of drug-likeness (QED) is 0.788. The van der Waals surface area contributed by atoms with Crippen LogP contribution in [0.5, 0.6) is 0 Å². The zero-order valence-electron chi connectivity index (χ0n) is 10.3. The first-order chi connectivity index (χ1) is 8.59. The van der Waals surface area contributed by atoms with Crippen molar-refractivity contribution in [2.45, 2.75) is 13.5 Å². The van der Waals surface area contributed by atoms with Crippen molar-refractivity contribution in [3.63, 3.8) is 0 Å². The van der Waals surface area contributed by atoms with Gasteiger partial charge in [-0.1, -0.05) is 34.1 Å². The molecule has 0 unspecified atom stereocenters. The molecule has 18 heavy (non-hydrogen) atoms. The monoisotopic (exact) mass is 368 g/mol. The Balaban J connectivity index is 2.25. The van der Waals surface area contributed by atoms with Gasteiger partial charge in [0.1, 0.15) is 5.82 Å². The molecule has 0 N–H and O–H groups in total. The van der Waals surface area contributed by atoms with Crippen LogP contribution in [0.2, 0.25) is 0 Å². The molecule has 0 amide bonds. The molecule has 2 rings (SSSR count). The molecule has 0 radical (unpaired) electrons. The van der Waals surface area contributed by atoms with Gasteiger partial charge in [0.25, 0.3) is 0 Å². The smallest absolute Gasteiger partial charge is 0.143 e. The number of nitrogens with zero attached hydrogens (tertiary/aromatic N) is 2. The number of aryl methyl sites for hydroxylation is 1. The summed E-state index contributed by atoms with van der Waals surface area (Å²) in [6.07, 6.45) is 1.84. The Morgan fingerprint density at radius 2 is 1.89 bits per heavy atom. The van der Waals surface area contributed by atoms with Crippen LogP contribution in [0.4, 0.5) is 5.82 Å². The summed E-state index contributed by atoms with van der Waals surface area (Å²) in [4.78, 5) is 6.56. The Labute approximate surface area is 124 Å². The number of pyridine rings is 1.